The van der Waals surface area contributed by atoms with E-state index >= 15 is 0 Å². The van der Waals surface area contributed by atoms with Gasteiger partial charge in [-0.25, -0.2) is 0 Å². The van der Waals surface area contributed by atoms with E-state index in [0.29, 0.717) is 11.3 Å². The minimum absolute atomic E-state index is 0.339. The predicted octanol–water partition coefficient (Wildman–Crippen LogP) is 3.32. The lowest BCUT2D eigenvalue weighted by Gasteiger charge is -2.05. The largest absolute Gasteiger partial charge is 0.425 e. The summed E-state index contributed by atoms with van der Waals surface area (Å²) >= 11 is 0. The molecular weight excluding hydrogens is 236 g/mol. The normalized spacial score (nSPS) is 9.37. The van der Waals surface area contributed by atoms with Gasteiger partial charge in [0, 0.05) is 12.5 Å². The molecule has 2 rings (SSSR count). The Balaban J connectivity index is 2.35. The second-order valence-electron chi connectivity index (χ2n) is 4.21. The fourth-order valence-corrected chi connectivity index (χ4v) is 1.63. The summed E-state index contributed by atoms with van der Waals surface area (Å²) in [5.41, 5.74) is 2.67. The minimum atomic E-state index is -0.339. The number of ether oxygens (including phenoxy) is 1. The summed E-state index contributed by atoms with van der Waals surface area (Å²) in [4.78, 5) is 11.1. The Bertz CT molecular complexity index is 646. The van der Waals surface area contributed by atoms with Gasteiger partial charge in [0.25, 0.3) is 0 Å². The summed E-state index contributed by atoms with van der Waals surface area (Å²) in [5.74, 6) is 6.26. The molecule has 0 N–H and O–H groups in total. The Morgan fingerprint density at radius 2 is 1.79 bits per heavy atom. The zero-order valence-corrected chi connectivity index (χ0v) is 10.9. The van der Waals surface area contributed by atoms with Gasteiger partial charge in [-0.05, 0) is 36.8 Å². The Morgan fingerprint density at radius 1 is 1.05 bits per heavy atom. The lowest BCUT2D eigenvalue weighted by atomic mass is 10.1. The third-order valence-electron chi connectivity index (χ3n) is 2.51. The first-order valence-electron chi connectivity index (χ1n) is 6.01. The monoisotopic (exact) mass is 250 g/mol. The van der Waals surface area contributed by atoms with Gasteiger partial charge in [0.15, 0.2) is 0 Å². The lowest BCUT2D eigenvalue weighted by Crippen LogP contribution is -2.03. The molecule has 94 valence electrons. The molecule has 0 unspecified atom stereocenters. The van der Waals surface area contributed by atoms with E-state index in [1.165, 1.54) is 6.92 Å². The molecule has 2 aromatic carbocycles. The molecule has 0 radical (unpaired) electrons. The van der Waals surface area contributed by atoms with E-state index in [2.05, 4.69) is 11.8 Å². The molecule has 2 heteroatoms. The highest BCUT2D eigenvalue weighted by Gasteiger charge is 2.04. The first kappa shape index (κ1) is 12.9. The topological polar surface area (TPSA) is 26.3 Å². The van der Waals surface area contributed by atoms with Gasteiger partial charge < -0.3 is 4.74 Å². The molecule has 0 saturated heterocycles. The SMILES string of the molecule is CC(=O)Oc1cc(C)ccc1C#Cc1ccccc1. The van der Waals surface area contributed by atoms with Crippen molar-refractivity contribution in [1.29, 1.82) is 0 Å². The highest BCUT2D eigenvalue weighted by atomic mass is 16.5. The highest BCUT2D eigenvalue weighted by molar-refractivity contribution is 5.70. The van der Waals surface area contributed by atoms with Crippen LogP contribution in [0.4, 0.5) is 0 Å². The molecule has 0 spiro atoms. The second kappa shape index (κ2) is 5.88. The Morgan fingerprint density at radius 3 is 2.47 bits per heavy atom. The Hall–Kier alpha value is -2.53. The summed E-state index contributed by atoms with van der Waals surface area (Å²) in [7, 11) is 0. The molecule has 0 fully saturated rings. The van der Waals surface area contributed by atoms with Crippen LogP contribution in [-0.4, -0.2) is 5.97 Å². The number of hydrogen-bond acceptors (Lipinski definition) is 2. The molecule has 0 aromatic heterocycles. The van der Waals surface area contributed by atoms with Crippen molar-refractivity contribution in [1.82, 2.24) is 0 Å². The number of benzene rings is 2. The van der Waals surface area contributed by atoms with Gasteiger partial charge in [-0.1, -0.05) is 36.1 Å². The maximum Gasteiger partial charge on any atom is 0.308 e. The van der Waals surface area contributed by atoms with Crippen LogP contribution in [-0.2, 0) is 4.79 Å². The van der Waals surface area contributed by atoms with Crippen molar-refractivity contribution < 1.29 is 9.53 Å². The van der Waals surface area contributed by atoms with Crippen molar-refractivity contribution >= 4 is 5.97 Å². The van der Waals surface area contributed by atoms with E-state index < -0.39 is 0 Å². The summed E-state index contributed by atoms with van der Waals surface area (Å²) in [6.07, 6.45) is 0. The molecule has 2 nitrogen and oxygen atoms in total. The summed E-state index contributed by atoms with van der Waals surface area (Å²) in [6, 6.07) is 15.3. The van der Waals surface area contributed by atoms with Crippen molar-refractivity contribution in [2.75, 3.05) is 0 Å². The van der Waals surface area contributed by atoms with Crippen LogP contribution in [0.5, 0.6) is 5.75 Å². The van der Waals surface area contributed by atoms with Crippen LogP contribution in [0.15, 0.2) is 48.5 Å². The summed E-state index contributed by atoms with van der Waals surface area (Å²) in [5, 5.41) is 0. The van der Waals surface area contributed by atoms with Crippen LogP contribution in [0.1, 0.15) is 23.6 Å². The van der Waals surface area contributed by atoms with Crippen LogP contribution >= 0.6 is 0 Å². The van der Waals surface area contributed by atoms with E-state index in [4.69, 9.17) is 4.74 Å². The lowest BCUT2D eigenvalue weighted by molar-refractivity contribution is -0.131. The molecule has 0 aliphatic carbocycles. The second-order valence-corrected chi connectivity index (χ2v) is 4.21. The van der Waals surface area contributed by atoms with Gasteiger partial charge in [-0.3, -0.25) is 4.79 Å². The first-order chi connectivity index (χ1) is 9.15. The molecule has 0 aliphatic rings. The molecule has 0 saturated carbocycles. The van der Waals surface area contributed by atoms with Crippen LogP contribution in [0.25, 0.3) is 0 Å². The van der Waals surface area contributed by atoms with Gasteiger partial charge in [-0.2, -0.15) is 0 Å². The minimum Gasteiger partial charge on any atom is -0.425 e. The fourth-order valence-electron chi connectivity index (χ4n) is 1.63. The summed E-state index contributed by atoms with van der Waals surface area (Å²) < 4.78 is 5.17. The van der Waals surface area contributed by atoms with Crippen LogP contribution < -0.4 is 4.74 Å². The maximum absolute atomic E-state index is 11.1. The van der Waals surface area contributed by atoms with Crippen LogP contribution in [0.3, 0.4) is 0 Å². The summed E-state index contributed by atoms with van der Waals surface area (Å²) in [6.45, 7) is 3.33. The van der Waals surface area contributed by atoms with E-state index in [1.54, 1.807) is 0 Å². The van der Waals surface area contributed by atoms with Gasteiger partial charge in [0.2, 0.25) is 0 Å². The molecular formula is C17H14O2. The number of carbonyl (C=O) groups is 1. The number of hydrogen-bond donors (Lipinski definition) is 0. The molecule has 0 aliphatic heterocycles. The van der Waals surface area contributed by atoms with Gasteiger partial charge in [0.1, 0.15) is 5.75 Å². The molecule has 0 heterocycles. The van der Waals surface area contributed by atoms with Gasteiger partial charge in [0.05, 0.1) is 5.56 Å². The van der Waals surface area contributed by atoms with E-state index in [-0.39, 0.29) is 5.97 Å². The smallest absolute Gasteiger partial charge is 0.308 e. The molecule has 2 aromatic rings. The van der Waals surface area contributed by atoms with Gasteiger partial charge >= 0.3 is 5.97 Å². The molecule has 0 atom stereocenters. The van der Waals surface area contributed by atoms with Crippen LogP contribution in [0, 0.1) is 18.8 Å². The zero-order chi connectivity index (χ0) is 13.7. The standard InChI is InChI=1S/C17H14O2/c1-13-8-10-16(17(12-13)19-14(2)18)11-9-15-6-4-3-5-7-15/h3-8,10,12H,1-2H3. The third-order valence-corrected chi connectivity index (χ3v) is 2.51. The van der Waals surface area contributed by atoms with E-state index in [0.717, 1.165) is 11.1 Å². The Kier molecular flexibility index (Phi) is 4.00. The Labute approximate surface area is 113 Å². The van der Waals surface area contributed by atoms with Crippen molar-refractivity contribution in [3.05, 3.63) is 65.2 Å². The quantitative estimate of drug-likeness (QED) is 0.441. The molecule has 19 heavy (non-hydrogen) atoms. The van der Waals surface area contributed by atoms with Crippen molar-refractivity contribution in [3.63, 3.8) is 0 Å². The van der Waals surface area contributed by atoms with Crippen molar-refractivity contribution in [3.8, 4) is 17.6 Å². The zero-order valence-electron chi connectivity index (χ0n) is 10.9. The van der Waals surface area contributed by atoms with Gasteiger partial charge in [-0.15, -0.1) is 0 Å². The third kappa shape index (κ3) is 3.72. The highest BCUT2D eigenvalue weighted by Crippen LogP contribution is 2.19. The first-order valence-corrected chi connectivity index (χ1v) is 6.01. The van der Waals surface area contributed by atoms with Crippen molar-refractivity contribution in [2.45, 2.75) is 13.8 Å². The number of carbonyl (C=O) groups excluding carboxylic acids is 1. The van der Waals surface area contributed by atoms with E-state index in [1.807, 2.05) is 55.5 Å². The van der Waals surface area contributed by atoms with Crippen molar-refractivity contribution in [2.24, 2.45) is 0 Å². The maximum atomic E-state index is 11.1. The fraction of sp³-hybridized carbons (Fsp3) is 0.118. The molecule has 0 bridgehead atoms. The predicted molar refractivity (Wildman–Crippen MR) is 74.9 cm³/mol. The van der Waals surface area contributed by atoms with E-state index in [9.17, 15) is 4.79 Å². The molecule has 0 amide bonds. The average Bonchev–Trinajstić information content (AvgIpc) is 2.38. The number of rotatable bonds is 1. The number of esters is 1. The van der Waals surface area contributed by atoms with Crippen LogP contribution in [0.2, 0.25) is 0 Å². The average molecular weight is 250 g/mol. The number of aryl methyl sites for hydroxylation is 1.